The van der Waals surface area contributed by atoms with Gasteiger partial charge in [-0.3, -0.25) is 0 Å². The van der Waals surface area contributed by atoms with Crippen LogP contribution >= 0.6 is 0 Å². The SMILES string of the molecule is CCCCCCCCCc1ccc(-c2ccc(C(=O)OC(=O)OC(CCC)CCC)c(F)c2-c2ccccc2)cc1. The number of ether oxygens (including phenoxy) is 2. The smallest absolute Gasteiger partial charge is 0.431 e. The summed E-state index contributed by atoms with van der Waals surface area (Å²) < 4.78 is 26.3. The molecule has 3 aromatic carbocycles. The minimum absolute atomic E-state index is 0.295. The van der Waals surface area contributed by atoms with Gasteiger partial charge in [-0.05, 0) is 54.0 Å². The van der Waals surface area contributed by atoms with Gasteiger partial charge < -0.3 is 9.47 Å². The van der Waals surface area contributed by atoms with E-state index in [0.29, 0.717) is 29.5 Å². The second-order valence-electron chi connectivity index (χ2n) is 10.7. The van der Waals surface area contributed by atoms with E-state index in [1.807, 2.05) is 44.2 Å². The molecule has 0 unspecified atom stereocenters. The number of unbranched alkanes of at least 4 members (excludes halogenated alkanes) is 6. The summed E-state index contributed by atoms with van der Waals surface area (Å²) in [7, 11) is 0. The first-order valence-electron chi connectivity index (χ1n) is 15.4. The Morgan fingerprint density at radius 1 is 0.707 bits per heavy atom. The molecular weight excluding hydrogens is 515 g/mol. The molecule has 0 fully saturated rings. The number of aryl methyl sites for hydroxylation is 1. The molecular formula is C36H45FO4. The second kappa shape index (κ2) is 17.4. The Morgan fingerprint density at radius 3 is 1.98 bits per heavy atom. The van der Waals surface area contributed by atoms with Crippen molar-refractivity contribution in [2.75, 3.05) is 0 Å². The average molecular weight is 561 g/mol. The third kappa shape index (κ3) is 9.84. The quantitative estimate of drug-likeness (QED) is 0.0993. The highest BCUT2D eigenvalue weighted by atomic mass is 19.1. The zero-order valence-corrected chi connectivity index (χ0v) is 24.9. The van der Waals surface area contributed by atoms with Crippen LogP contribution in [-0.4, -0.2) is 18.2 Å². The molecule has 4 nitrogen and oxygen atoms in total. The highest BCUT2D eigenvalue weighted by Gasteiger charge is 2.25. The summed E-state index contributed by atoms with van der Waals surface area (Å²) in [6.07, 6.45) is 11.5. The fourth-order valence-corrected chi connectivity index (χ4v) is 5.20. The minimum atomic E-state index is -1.09. The molecule has 5 heteroatoms. The fraction of sp³-hybridized carbons (Fsp3) is 0.444. The van der Waals surface area contributed by atoms with E-state index in [4.69, 9.17) is 9.47 Å². The Kier molecular flexibility index (Phi) is 13.6. The van der Waals surface area contributed by atoms with Crippen molar-refractivity contribution < 1.29 is 23.5 Å². The Morgan fingerprint density at radius 2 is 1.34 bits per heavy atom. The Bertz CT molecular complexity index is 1210. The van der Waals surface area contributed by atoms with Gasteiger partial charge in [-0.2, -0.15) is 0 Å². The van der Waals surface area contributed by atoms with E-state index in [0.717, 1.165) is 31.2 Å². The van der Waals surface area contributed by atoms with E-state index >= 15 is 4.39 Å². The van der Waals surface area contributed by atoms with Gasteiger partial charge in [0, 0.05) is 5.56 Å². The monoisotopic (exact) mass is 560 g/mol. The molecule has 0 N–H and O–H groups in total. The zero-order chi connectivity index (χ0) is 29.5. The van der Waals surface area contributed by atoms with Crippen molar-refractivity contribution in [3.8, 4) is 22.3 Å². The predicted octanol–water partition coefficient (Wildman–Crippen LogP) is 10.7. The summed E-state index contributed by atoms with van der Waals surface area (Å²) in [5.41, 5.74) is 3.40. The molecule has 0 aliphatic rings. The summed E-state index contributed by atoms with van der Waals surface area (Å²) in [5, 5.41) is 0. The fourth-order valence-electron chi connectivity index (χ4n) is 5.20. The third-order valence-electron chi connectivity index (χ3n) is 7.42. The lowest BCUT2D eigenvalue weighted by Crippen LogP contribution is -2.22. The molecule has 3 rings (SSSR count). The van der Waals surface area contributed by atoms with Crippen LogP contribution in [0.1, 0.15) is 107 Å². The summed E-state index contributed by atoms with van der Waals surface area (Å²) in [5.74, 6) is -1.79. The molecule has 220 valence electrons. The van der Waals surface area contributed by atoms with Crippen LogP contribution in [0.3, 0.4) is 0 Å². The van der Waals surface area contributed by atoms with Crippen molar-refractivity contribution in [2.24, 2.45) is 0 Å². The maximum absolute atomic E-state index is 16.1. The topological polar surface area (TPSA) is 52.6 Å². The van der Waals surface area contributed by atoms with Crippen LogP contribution in [-0.2, 0) is 15.9 Å². The second-order valence-corrected chi connectivity index (χ2v) is 10.7. The third-order valence-corrected chi connectivity index (χ3v) is 7.42. The summed E-state index contributed by atoms with van der Waals surface area (Å²) >= 11 is 0. The van der Waals surface area contributed by atoms with Gasteiger partial charge in [-0.25, -0.2) is 14.0 Å². The zero-order valence-electron chi connectivity index (χ0n) is 24.9. The van der Waals surface area contributed by atoms with E-state index in [1.54, 1.807) is 18.2 Å². The molecule has 0 saturated heterocycles. The van der Waals surface area contributed by atoms with E-state index in [2.05, 4.69) is 19.1 Å². The highest BCUT2D eigenvalue weighted by Crippen LogP contribution is 2.36. The van der Waals surface area contributed by atoms with Gasteiger partial charge in [0.2, 0.25) is 0 Å². The number of benzene rings is 3. The molecule has 3 aromatic rings. The molecule has 0 aromatic heterocycles. The van der Waals surface area contributed by atoms with E-state index in [-0.39, 0.29) is 11.7 Å². The number of carbonyl (C=O) groups is 2. The van der Waals surface area contributed by atoms with Gasteiger partial charge >= 0.3 is 12.1 Å². The lowest BCUT2D eigenvalue weighted by molar-refractivity contribution is 0.0172. The van der Waals surface area contributed by atoms with Crippen molar-refractivity contribution in [1.29, 1.82) is 0 Å². The van der Waals surface area contributed by atoms with E-state index < -0.39 is 17.9 Å². The average Bonchev–Trinajstić information content (AvgIpc) is 2.97. The molecule has 0 bridgehead atoms. The van der Waals surface area contributed by atoms with Gasteiger partial charge in [0.15, 0.2) is 0 Å². The number of carbonyl (C=O) groups excluding carboxylic acids is 2. The highest BCUT2D eigenvalue weighted by molar-refractivity contribution is 5.98. The lowest BCUT2D eigenvalue weighted by Gasteiger charge is -2.17. The summed E-state index contributed by atoms with van der Waals surface area (Å²) in [6.45, 7) is 6.22. The van der Waals surface area contributed by atoms with Gasteiger partial charge in [0.05, 0.1) is 5.56 Å². The van der Waals surface area contributed by atoms with E-state index in [9.17, 15) is 9.59 Å². The van der Waals surface area contributed by atoms with Crippen molar-refractivity contribution in [1.82, 2.24) is 0 Å². The van der Waals surface area contributed by atoms with E-state index in [1.165, 1.54) is 50.2 Å². The van der Waals surface area contributed by atoms with Crippen molar-refractivity contribution >= 4 is 12.1 Å². The van der Waals surface area contributed by atoms with Crippen LogP contribution < -0.4 is 0 Å². The van der Waals surface area contributed by atoms with Crippen molar-refractivity contribution in [2.45, 2.75) is 104 Å². The molecule has 0 radical (unpaired) electrons. The van der Waals surface area contributed by atoms with Gasteiger partial charge in [0.25, 0.3) is 0 Å². The number of hydrogen-bond acceptors (Lipinski definition) is 4. The molecule has 0 spiro atoms. The number of halogens is 1. The largest absolute Gasteiger partial charge is 0.516 e. The first-order valence-corrected chi connectivity index (χ1v) is 15.4. The lowest BCUT2D eigenvalue weighted by atomic mass is 9.91. The Labute approximate surface area is 245 Å². The summed E-state index contributed by atoms with van der Waals surface area (Å²) in [6, 6.07) is 20.4. The van der Waals surface area contributed by atoms with Gasteiger partial charge in [-0.1, -0.05) is 133 Å². The van der Waals surface area contributed by atoms with Crippen LogP contribution in [0.5, 0.6) is 0 Å². The molecule has 0 saturated carbocycles. The molecule has 41 heavy (non-hydrogen) atoms. The maximum atomic E-state index is 16.1. The first kappa shape index (κ1) is 32.0. The molecule has 0 heterocycles. The summed E-state index contributed by atoms with van der Waals surface area (Å²) in [4.78, 5) is 25.2. The number of esters is 1. The predicted molar refractivity (Wildman–Crippen MR) is 164 cm³/mol. The van der Waals surface area contributed by atoms with Crippen molar-refractivity contribution in [3.05, 3.63) is 83.7 Å². The Hall–Kier alpha value is -3.47. The van der Waals surface area contributed by atoms with Crippen LogP contribution in [0.4, 0.5) is 9.18 Å². The van der Waals surface area contributed by atoms with Crippen LogP contribution in [0.15, 0.2) is 66.7 Å². The van der Waals surface area contributed by atoms with Crippen LogP contribution in [0.25, 0.3) is 22.3 Å². The number of rotatable bonds is 16. The van der Waals surface area contributed by atoms with Crippen molar-refractivity contribution in [3.63, 3.8) is 0 Å². The number of hydrogen-bond donors (Lipinski definition) is 0. The first-order chi connectivity index (χ1) is 20.0. The van der Waals surface area contributed by atoms with Crippen LogP contribution in [0, 0.1) is 5.82 Å². The standard InChI is InChI=1S/C36H45FO4/c1-4-7-8-9-10-11-13-18-27-21-23-28(24-22-27)31-25-26-32(34(37)33(31)29-19-14-12-15-20-29)35(38)41-36(39)40-30(16-5-2)17-6-3/h12,14-15,19-26,30H,4-11,13,16-18H2,1-3H3. The minimum Gasteiger partial charge on any atom is -0.431 e. The Balaban J connectivity index is 1.78. The van der Waals surface area contributed by atoms with Crippen LogP contribution in [0.2, 0.25) is 0 Å². The normalized spacial score (nSPS) is 11.0. The molecule has 0 aliphatic carbocycles. The van der Waals surface area contributed by atoms with Gasteiger partial charge in [-0.15, -0.1) is 0 Å². The maximum Gasteiger partial charge on any atom is 0.516 e. The molecule has 0 aliphatic heterocycles. The van der Waals surface area contributed by atoms with Gasteiger partial charge in [0.1, 0.15) is 11.9 Å². The molecule has 0 atom stereocenters. The molecule has 0 amide bonds.